The number of nitrogens with one attached hydrogen (secondary N) is 1. The highest BCUT2D eigenvalue weighted by Gasteiger charge is 2.22. The standard InChI is InChI=1S/C13H14N2S/c1-9-4-2-3-5-11(9)12-8-16-13(15-12)14-10-6-7-10/h2-5,8,10H,6-7H2,1H3,(H,14,15). The first kappa shape index (κ1) is 9.85. The lowest BCUT2D eigenvalue weighted by Gasteiger charge is -2.01. The highest BCUT2D eigenvalue weighted by molar-refractivity contribution is 7.14. The molecule has 82 valence electrons. The molecule has 0 spiro atoms. The molecule has 2 nitrogen and oxygen atoms in total. The second-order valence-corrected chi connectivity index (χ2v) is 5.13. The summed E-state index contributed by atoms with van der Waals surface area (Å²) in [4.78, 5) is 4.63. The van der Waals surface area contributed by atoms with Crippen LogP contribution in [0.3, 0.4) is 0 Å². The first-order valence-corrected chi connectivity index (χ1v) is 6.49. The fraction of sp³-hybridized carbons (Fsp3) is 0.308. The van der Waals surface area contributed by atoms with E-state index in [0.717, 1.165) is 10.8 Å². The minimum absolute atomic E-state index is 0.677. The number of hydrogen-bond acceptors (Lipinski definition) is 3. The maximum absolute atomic E-state index is 4.63. The van der Waals surface area contributed by atoms with E-state index in [0.29, 0.717) is 6.04 Å². The molecule has 0 radical (unpaired) electrons. The molecule has 1 fully saturated rings. The van der Waals surface area contributed by atoms with Gasteiger partial charge in [-0.05, 0) is 25.3 Å². The van der Waals surface area contributed by atoms with Crippen LogP contribution in [0.1, 0.15) is 18.4 Å². The van der Waals surface area contributed by atoms with Crippen molar-refractivity contribution < 1.29 is 0 Å². The number of rotatable bonds is 3. The van der Waals surface area contributed by atoms with E-state index >= 15 is 0 Å². The summed E-state index contributed by atoms with van der Waals surface area (Å²) in [6.07, 6.45) is 2.58. The predicted molar refractivity (Wildman–Crippen MR) is 68.9 cm³/mol. The molecule has 1 N–H and O–H groups in total. The van der Waals surface area contributed by atoms with Gasteiger partial charge in [0.15, 0.2) is 5.13 Å². The number of thiazole rings is 1. The summed E-state index contributed by atoms with van der Waals surface area (Å²) in [5, 5.41) is 6.62. The molecule has 1 aromatic carbocycles. The predicted octanol–water partition coefficient (Wildman–Crippen LogP) is 3.69. The van der Waals surface area contributed by atoms with Gasteiger partial charge in [-0.2, -0.15) is 0 Å². The Labute approximate surface area is 99.4 Å². The molecule has 1 saturated carbocycles. The largest absolute Gasteiger partial charge is 0.359 e. The van der Waals surface area contributed by atoms with Crippen molar-refractivity contribution in [2.45, 2.75) is 25.8 Å². The Hall–Kier alpha value is -1.35. The summed E-state index contributed by atoms with van der Waals surface area (Å²) in [6, 6.07) is 9.06. The first-order valence-electron chi connectivity index (χ1n) is 5.61. The molecule has 0 atom stereocenters. The number of aryl methyl sites for hydroxylation is 1. The molecule has 1 aliphatic carbocycles. The number of benzene rings is 1. The highest BCUT2D eigenvalue weighted by Crippen LogP contribution is 2.30. The second-order valence-electron chi connectivity index (χ2n) is 4.27. The van der Waals surface area contributed by atoms with Crippen molar-refractivity contribution in [3.05, 3.63) is 35.2 Å². The van der Waals surface area contributed by atoms with Crippen LogP contribution in [-0.2, 0) is 0 Å². The van der Waals surface area contributed by atoms with Crippen LogP contribution >= 0.6 is 11.3 Å². The third-order valence-corrected chi connectivity index (χ3v) is 3.60. The quantitative estimate of drug-likeness (QED) is 0.869. The zero-order valence-corrected chi connectivity index (χ0v) is 10.1. The van der Waals surface area contributed by atoms with Gasteiger partial charge in [-0.3, -0.25) is 0 Å². The average Bonchev–Trinajstić information content (AvgIpc) is 2.97. The lowest BCUT2D eigenvalue weighted by Crippen LogP contribution is -1.99. The van der Waals surface area contributed by atoms with Gasteiger partial charge in [-0.15, -0.1) is 11.3 Å². The monoisotopic (exact) mass is 230 g/mol. The number of nitrogens with zero attached hydrogens (tertiary/aromatic N) is 1. The minimum Gasteiger partial charge on any atom is -0.359 e. The molecule has 3 heteroatoms. The lowest BCUT2D eigenvalue weighted by molar-refractivity contribution is 1.14. The van der Waals surface area contributed by atoms with Crippen molar-refractivity contribution in [2.24, 2.45) is 0 Å². The maximum atomic E-state index is 4.63. The van der Waals surface area contributed by atoms with Crippen LogP contribution in [0, 0.1) is 6.92 Å². The zero-order valence-electron chi connectivity index (χ0n) is 9.23. The Morgan fingerprint density at radius 3 is 2.88 bits per heavy atom. The summed E-state index contributed by atoms with van der Waals surface area (Å²) in [7, 11) is 0. The smallest absolute Gasteiger partial charge is 0.183 e. The van der Waals surface area contributed by atoms with Crippen LogP contribution < -0.4 is 5.32 Å². The minimum atomic E-state index is 0.677. The molecule has 16 heavy (non-hydrogen) atoms. The fourth-order valence-corrected chi connectivity index (χ4v) is 2.52. The molecule has 0 bridgehead atoms. The van der Waals surface area contributed by atoms with Gasteiger partial charge in [-0.1, -0.05) is 24.3 Å². The molecule has 3 rings (SSSR count). The molecule has 1 aromatic heterocycles. The van der Waals surface area contributed by atoms with Gasteiger partial charge in [0.05, 0.1) is 5.69 Å². The summed E-state index contributed by atoms with van der Waals surface area (Å²) in [5.41, 5.74) is 3.61. The molecule has 1 heterocycles. The van der Waals surface area contributed by atoms with Gasteiger partial charge in [0.2, 0.25) is 0 Å². The highest BCUT2D eigenvalue weighted by atomic mass is 32.1. The molecular formula is C13H14N2S. The topological polar surface area (TPSA) is 24.9 Å². The molecule has 0 aliphatic heterocycles. The Morgan fingerprint density at radius 1 is 1.31 bits per heavy atom. The Balaban J connectivity index is 1.88. The van der Waals surface area contributed by atoms with E-state index in [-0.39, 0.29) is 0 Å². The average molecular weight is 230 g/mol. The maximum Gasteiger partial charge on any atom is 0.183 e. The van der Waals surface area contributed by atoms with E-state index in [1.165, 1.54) is 24.0 Å². The molecular weight excluding hydrogens is 216 g/mol. The van der Waals surface area contributed by atoms with E-state index in [1.54, 1.807) is 11.3 Å². The number of hydrogen-bond donors (Lipinski definition) is 1. The SMILES string of the molecule is Cc1ccccc1-c1csc(NC2CC2)n1. The number of aromatic nitrogens is 1. The zero-order chi connectivity index (χ0) is 11.0. The molecule has 2 aromatic rings. The Kier molecular flexibility index (Phi) is 2.40. The van der Waals surface area contributed by atoms with Crippen LogP contribution in [-0.4, -0.2) is 11.0 Å². The van der Waals surface area contributed by atoms with Gasteiger partial charge in [0.25, 0.3) is 0 Å². The van der Waals surface area contributed by atoms with Crippen LogP contribution in [0.5, 0.6) is 0 Å². The molecule has 0 amide bonds. The van der Waals surface area contributed by atoms with E-state index in [1.807, 2.05) is 0 Å². The summed E-state index contributed by atoms with van der Waals surface area (Å²) >= 11 is 1.70. The Bertz CT molecular complexity index is 500. The van der Waals surface area contributed by atoms with Gasteiger partial charge in [0, 0.05) is 17.0 Å². The van der Waals surface area contributed by atoms with Crippen molar-refractivity contribution in [2.75, 3.05) is 5.32 Å². The molecule has 1 aliphatic rings. The third kappa shape index (κ3) is 1.95. The molecule has 0 unspecified atom stereocenters. The van der Waals surface area contributed by atoms with Crippen molar-refractivity contribution in [3.63, 3.8) is 0 Å². The van der Waals surface area contributed by atoms with Crippen LogP contribution in [0.4, 0.5) is 5.13 Å². The van der Waals surface area contributed by atoms with E-state index in [4.69, 9.17) is 0 Å². The van der Waals surface area contributed by atoms with E-state index in [2.05, 4.69) is 46.9 Å². The van der Waals surface area contributed by atoms with E-state index < -0.39 is 0 Å². The normalized spacial score (nSPS) is 15.1. The first-order chi connectivity index (χ1) is 7.83. The van der Waals surface area contributed by atoms with Gasteiger partial charge < -0.3 is 5.32 Å². The van der Waals surface area contributed by atoms with Crippen LogP contribution in [0.25, 0.3) is 11.3 Å². The Morgan fingerprint density at radius 2 is 2.12 bits per heavy atom. The molecule has 0 saturated heterocycles. The fourth-order valence-electron chi connectivity index (χ4n) is 1.73. The van der Waals surface area contributed by atoms with Crippen LogP contribution in [0.2, 0.25) is 0 Å². The van der Waals surface area contributed by atoms with Crippen molar-refractivity contribution in [3.8, 4) is 11.3 Å². The second kappa shape index (κ2) is 3.91. The van der Waals surface area contributed by atoms with E-state index in [9.17, 15) is 0 Å². The van der Waals surface area contributed by atoms with Gasteiger partial charge in [-0.25, -0.2) is 4.98 Å². The summed E-state index contributed by atoms with van der Waals surface area (Å²) in [6.45, 7) is 2.13. The summed E-state index contributed by atoms with van der Waals surface area (Å²) < 4.78 is 0. The third-order valence-electron chi connectivity index (χ3n) is 2.83. The summed E-state index contributed by atoms with van der Waals surface area (Å²) in [5.74, 6) is 0. The van der Waals surface area contributed by atoms with Crippen LogP contribution in [0.15, 0.2) is 29.6 Å². The van der Waals surface area contributed by atoms with Gasteiger partial charge >= 0.3 is 0 Å². The van der Waals surface area contributed by atoms with Crippen molar-refractivity contribution >= 4 is 16.5 Å². The lowest BCUT2D eigenvalue weighted by atomic mass is 10.1. The van der Waals surface area contributed by atoms with Crippen molar-refractivity contribution in [1.29, 1.82) is 0 Å². The van der Waals surface area contributed by atoms with Crippen molar-refractivity contribution in [1.82, 2.24) is 4.98 Å². The van der Waals surface area contributed by atoms with Gasteiger partial charge in [0.1, 0.15) is 0 Å². The number of anilines is 1.